The number of nitrogens with zero attached hydrogens (tertiary/aromatic N) is 3. The van der Waals surface area contributed by atoms with Gasteiger partial charge in [0.05, 0.1) is 0 Å². The largest absolute Gasteiger partial charge is 0.573 e. The van der Waals surface area contributed by atoms with Crippen LogP contribution in [0.2, 0.25) is 0 Å². The molecule has 1 saturated carbocycles. The molecule has 0 aliphatic heterocycles. The number of halogens is 3. The number of fused-ring (bicyclic) bond motifs is 1. The summed E-state index contributed by atoms with van der Waals surface area (Å²) >= 11 is 0. The van der Waals surface area contributed by atoms with Crippen LogP contribution in [0, 0.1) is 12.8 Å². The van der Waals surface area contributed by atoms with Gasteiger partial charge in [-0.3, -0.25) is 0 Å². The Morgan fingerprint density at radius 3 is 2.58 bits per heavy atom. The molecule has 0 amide bonds. The molecule has 0 radical (unpaired) electrons. The van der Waals surface area contributed by atoms with Crippen LogP contribution in [0.5, 0.6) is 5.75 Å². The molecule has 1 unspecified atom stereocenters. The van der Waals surface area contributed by atoms with Gasteiger partial charge in [-0.2, -0.15) is 0 Å². The molecule has 8 heteroatoms. The molecule has 3 aromatic rings. The molecule has 31 heavy (non-hydrogen) atoms. The molecule has 2 heterocycles. The summed E-state index contributed by atoms with van der Waals surface area (Å²) in [6, 6.07) is 6.54. The second kappa shape index (κ2) is 8.49. The van der Waals surface area contributed by atoms with Gasteiger partial charge >= 0.3 is 6.36 Å². The van der Waals surface area contributed by atoms with Crippen molar-refractivity contribution in [1.29, 1.82) is 0 Å². The maximum absolute atomic E-state index is 12.6. The predicted molar refractivity (Wildman–Crippen MR) is 112 cm³/mol. The van der Waals surface area contributed by atoms with Gasteiger partial charge in [-0.15, -0.1) is 13.2 Å². The lowest BCUT2D eigenvalue weighted by atomic mass is 10.0. The Hall–Kier alpha value is -2.61. The van der Waals surface area contributed by atoms with Crippen LogP contribution in [0.25, 0.3) is 22.3 Å². The van der Waals surface area contributed by atoms with Gasteiger partial charge in [0.25, 0.3) is 0 Å². The van der Waals surface area contributed by atoms with E-state index in [1.807, 2.05) is 6.07 Å². The van der Waals surface area contributed by atoms with Gasteiger partial charge in [0.1, 0.15) is 17.1 Å². The summed E-state index contributed by atoms with van der Waals surface area (Å²) in [6.45, 7) is 4.52. The van der Waals surface area contributed by atoms with Crippen molar-refractivity contribution >= 4 is 11.2 Å². The smallest absolute Gasteiger partial charge is 0.406 e. The molecule has 0 saturated heterocycles. The minimum absolute atomic E-state index is 0.229. The molecule has 4 rings (SSSR count). The second-order valence-electron chi connectivity index (χ2n) is 7.99. The molecule has 166 valence electrons. The van der Waals surface area contributed by atoms with E-state index < -0.39 is 6.36 Å². The number of rotatable bonds is 8. The highest BCUT2D eigenvalue weighted by Crippen LogP contribution is 2.44. The van der Waals surface area contributed by atoms with Crippen molar-refractivity contribution < 1.29 is 22.6 Å². The summed E-state index contributed by atoms with van der Waals surface area (Å²) in [5.74, 6) is 1.34. The van der Waals surface area contributed by atoms with Gasteiger partial charge in [-0.25, -0.2) is 9.97 Å². The summed E-state index contributed by atoms with van der Waals surface area (Å²) in [7, 11) is 1.71. The highest BCUT2D eigenvalue weighted by Gasteiger charge is 2.35. The summed E-state index contributed by atoms with van der Waals surface area (Å²) in [5.41, 5.74) is 3.94. The minimum Gasteiger partial charge on any atom is -0.406 e. The standard InChI is InChI=1S/C23H26F3N3O2/c1-4-20-28-21-18(17-8-7-16(13-14(17)2)31-23(24,25)26)9-11-27-22(21)29(20)19(10-12-30-3)15-5-6-15/h7-9,11,13,15,19H,4-6,10,12H2,1-3H3. The number of imidazole rings is 1. The Bertz CT molecular complexity index is 1070. The number of hydrogen-bond donors (Lipinski definition) is 0. The zero-order valence-corrected chi connectivity index (χ0v) is 17.9. The van der Waals surface area contributed by atoms with Gasteiger partial charge in [-0.05, 0) is 61.4 Å². The number of benzene rings is 1. The van der Waals surface area contributed by atoms with E-state index in [-0.39, 0.29) is 11.8 Å². The van der Waals surface area contributed by atoms with Gasteiger partial charge < -0.3 is 14.0 Å². The molecule has 5 nitrogen and oxygen atoms in total. The van der Waals surface area contributed by atoms with E-state index in [0.717, 1.165) is 41.0 Å². The molecular weight excluding hydrogens is 407 g/mol. The number of methoxy groups -OCH3 is 1. The van der Waals surface area contributed by atoms with Crippen molar-refractivity contribution in [3.8, 4) is 16.9 Å². The molecule has 0 N–H and O–H groups in total. The van der Waals surface area contributed by atoms with Crippen LogP contribution in [0.15, 0.2) is 30.5 Å². The zero-order valence-electron chi connectivity index (χ0n) is 17.9. The van der Waals surface area contributed by atoms with Gasteiger partial charge in [0, 0.05) is 37.9 Å². The Kier molecular flexibility index (Phi) is 5.92. The molecule has 1 aliphatic carbocycles. The summed E-state index contributed by atoms with van der Waals surface area (Å²) in [4.78, 5) is 9.57. The lowest BCUT2D eigenvalue weighted by Crippen LogP contribution is -2.17. The zero-order chi connectivity index (χ0) is 22.2. The molecule has 1 aliphatic rings. The SMILES string of the molecule is CCc1nc2c(-c3ccc(OC(F)(F)F)cc3C)ccnc2n1C(CCOC)C1CC1. The molecule has 0 spiro atoms. The maximum atomic E-state index is 12.6. The lowest BCUT2D eigenvalue weighted by molar-refractivity contribution is -0.274. The van der Waals surface area contributed by atoms with Gasteiger partial charge in [0.15, 0.2) is 5.65 Å². The first-order valence-electron chi connectivity index (χ1n) is 10.5. The lowest BCUT2D eigenvalue weighted by Gasteiger charge is -2.20. The van der Waals surface area contributed by atoms with Crippen molar-refractivity contribution in [3.63, 3.8) is 0 Å². The first-order chi connectivity index (χ1) is 14.8. The van der Waals surface area contributed by atoms with Gasteiger partial charge in [0.2, 0.25) is 0 Å². The van der Waals surface area contributed by atoms with E-state index >= 15 is 0 Å². The molecular formula is C23H26F3N3O2. The van der Waals surface area contributed by atoms with E-state index in [9.17, 15) is 13.2 Å². The first-order valence-corrected chi connectivity index (χ1v) is 10.5. The fourth-order valence-electron chi connectivity index (χ4n) is 4.28. The van der Waals surface area contributed by atoms with E-state index in [4.69, 9.17) is 9.72 Å². The molecule has 1 aromatic carbocycles. The van der Waals surface area contributed by atoms with Crippen molar-refractivity contribution in [2.45, 2.75) is 51.9 Å². The number of alkyl halides is 3. The monoisotopic (exact) mass is 433 g/mol. The van der Waals surface area contributed by atoms with Crippen LogP contribution in [0.4, 0.5) is 13.2 Å². The van der Waals surface area contributed by atoms with Gasteiger partial charge in [-0.1, -0.05) is 13.0 Å². The van der Waals surface area contributed by atoms with E-state index in [2.05, 4.69) is 21.2 Å². The average molecular weight is 433 g/mol. The van der Waals surface area contributed by atoms with Crippen LogP contribution >= 0.6 is 0 Å². The normalized spacial score (nSPS) is 15.4. The number of pyridine rings is 1. The fraction of sp³-hybridized carbons (Fsp3) is 0.478. The molecule has 0 bridgehead atoms. The van der Waals surface area contributed by atoms with Crippen LogP contribution < -0.4 is 4.74 Å². The number of aryl methyl sites for hydroxylation is 2. The number of aromatic nitrogens is 3. The van der Waals surface area contributed by atoms with E-state index in [1.54, 1.807) is 26.3 Å². The van der Waals surface area contributed by atoms with Crippen LogP contribution in [0.1, 0.15) is 43.6 Å². The molecule has 1 atom stereocenters. The number of hydrogen-bond acceptors (Lipinski definition) is 4. The summed E-state index contributed by atoms with van der Waals surface area (Å²) in [5, 5.41) is 0. The Balaban J connectivity index is 1.79. The van der Waals surface area contributed by atoms with Crippen LogP contribution in [0.3, 0.4) is 0 Å². The minimum atomic E-state index is -4.72. The van der Waals surface area contributed by atoms with Crippen LogP contribution in [-0.4, -0.2) is 34.6 Å². The van der Waals surface area contributed by atoms with E-state index in [1.165, 1.54) is 25.0 Å². The molecule has 2 aromatic heterocycles. The maximum Gasteiger partial charge on any atom is 0.573 e. The third kappa shape index (κ3) is 4.54. The predicted octanol–water partition coefficient (Wildman–Crippen LogP) is 5.86. The summed E-state index contributed by atoms with van der Waals surface area (Å²) in [6.07, 6.45) is 1.08. The fourth-order valence-corrected chi connectivity index (χ4v) is 4.28. The Morgan fingerprint density at radius 2 is 1.97 bits per heavy atom. The Morgan fingerprint density at radius 1 is 1.19 bits per heavy atom. The van der Waals surface area contributed by atoms with Crippen LogP contribution in [-0.2, 0) is 11.2 Å². The highest BCUT2D eigenvalue weighted by atomic mass is 19.4. The topological polar surface area (TPSA) is 49.2 Å². The second-order valence-corrected chi connectivity index (χ2v) is 7.99. The third-order valence-corrected chi connectivity index (χ3v) is 5.81. The highest BCUT2D eigenvalue weighted by molar-refractivity contribution is 5.91. The first kappa shape index (κ1) is 21.6. The summed E-state index contributed by atoms with van der Waals surface area (Å²) < 4.78 is 49.4. The van der Waals surface area contributed by atoms with Crippen molar-refractivity contribution in [2.75, 3.05) is 13.7 Å². The van der Waals surface area contributed by atoms with E-state index in [0.29, 0.717) is 18.1 Å². The van der Waals surface area contributed by atoms with Crippen molar-refractivity contribution in [2.24, 2.45) is 5.92 Å². The number of ether oxygens (including phenoxy) is 2. The third-order valence-electron chi connectivity index (χ3n) is 5.81. The molecule has 1 fully saturated rings. The Labute approximate surface area is 179 Å². The quantitative estimate of drug-likeness (QED) is 0.447. The average Bonchev–Trinajstić information content (AvgIpc) is 3.48. The van der Waals surface area contributed by atoms with Crippen molar-refractivity contribution in [1.82, 2.24) is 14.5 Å². The van der Waals surface area contributed by atoms with Crippen molar-refractivity contribution in [3.05, 3.63) is 41.9 Å².